The summed E-state index contributed by atoms with van der Waals surface area (Å²) in [5, 5.41) is 0. The Labute approximate surface area is 208 Å². The van der Waals surface area contributed by atoms with E-state index < -0.39 is 12.0 Å². The molecule has 1 atom stereocenters. The number of benzene rings is 2. The predicted octanol–water partition coefficient (Wildman–Crippen LogP) is 4.66. The molecular formula is C29H36N2O4. The Morgan fingerprint density at radius 2 is 1.74 bits per heavy atom. The molecule has 0 N–H and O–H groups in total. The summed E-state index contributed by atoms with van der Waals surface area (Å²) in [6.45, 7) is 6.95. The van der Waals surface area contributed by atoms with Crippen molar-refractivity contribution in [1.82, 2.24) is 9.80 Å². The summed E-state index contributed by atoms with van der Waals surface area (Å²) in [7, 11) is 1.30. The Morgan fingerprint density at radius 3 is 2.37 bits per heavy atom. The highest BCUT2D eigenvalue weighted by Crippen LogP contribution is 2.31. The number of amides is 2. The molecule has 1 aliphatic heterocycles. The highest BCUT2D eigenvalue weighted by molar-refractivity contribution is 5.90. The van der Waals surface area contributed by atoms with Crippen LogP contribution in [0.15, 0.2) is 67.3 Å². The van der Waals surface area contributed by atoms with Crippen molar-refractivity contribution in [2.45, 2.75) is 51.0 Å². The number of carbonyl (C=O) groups excluding carboxylic acids is 3. The summed E-state index contributed by atoms with van der Waals surface area (Å²) in [5.41, 5.74) is 3.35. The Balaban J connectivity index is 1.76. The molecule has 0 bridgehead atoms. The lowest BCUT2D eigenvalue weighted by atomic mass is 9.86. The second-order valence-corrected chi connectivity index (χ2v) is 8.89. The average molecular weight is 477 g/mol. The number of allylic oxidation sites excluding steroid dienone is 1. The van der Waals surface area contributed by atoms with Gasteiger partial charge in [0.1, 0.15) is 6.54 Å². The highest BCUT2D eigenvalue weighted by Gasteiger charge is 2.35. The van der Waals surface area contributed by atoms with Crippen LogP contribution in [-0.2, 0) is 25.5 Å². The van der Waals surface area contributed by atoms with Gasteiger partial charge in [0.2, 0.25) is 11.8 Å². The molecule has 1 saturated heterocycles. The number of nitrogens with zero attached hydrogens (tertiary/aromatic N) is 2. The van der Waals surface area contributed by atoms with Crippen LogP contribution in [0.5, 0.6) is 0 Å². The SMILES string of the molecule is C=CCCC(=O)N(CC(=O)N1CCC(c2ccccc2CC)CC1)C(C(=O)OC)c1ccccc1. The largest absolute Gasteiger partial charge is 0.467 e. The minimum absolute atomic E-state index is 0.149. The highest BCUT2D eigenvalue weighted by atomic mass is 16.5. The molecular weight excluding hydrogens is 440 g/mol. The van der Waals surface area contributed by atoms with E-state index in [4.69, 9.17) is 4.74 Å². The van der Waals surface area contributed by atoms with E-state index in [9.17, 15) is 14.4 Å². The number of carbonyl (C=O) groups is 3. The molecule has 0 aromatic heterocycles. The van der Waals surface area contributed by atoms with E-state index in [1.54, 1.807) is 30.3 Å². The third kappa shape index (κ3) is 6.59. The van der Waals surface area contributed by atoms with Gasteiger partial charge in [0.15, 0.2) is 6.04 Å². The lowest BCUT2D eigenvalue weighted by Crippen LogP contribution is -2.48. The van der Waals surface area contributed by atoms with Crippen LogP contribution in [0.3, 0.4) is 0 Å². The molecule has 2 aromatic carbocycles. The maximum Gasteiger partial charge on any atom is 0.333 e. The minimum Gasteiger partial charge on any atom is -0.467 e. The molecule has 1 unspecified atom stereocenters. The zero-order valence-electron chi connectivity index (χ0n) is 20.8. The molecule has 35 heavy (non-hydrogen) atoms. The van der Waals surface area contributed by atoms with E-state index in [-0.39, 0.29) is 24.8 Å². The fourth-order valence-corrected chi connectivity index (χ4v) is 4.82. The maximum absolute atomic E-state index is 13.4. The van der Waals surface area contributed by atoms with Gasteiger partial charge >= 0.3 is 5.97 Å². The number of methoxy groups -OCH3 is 1. The molecule has 1 aliphatic rings. The molecule has 1 fully saturated rings. The van der Waals surface area contributed by atoms with Crippen LogP contribution >= 0.6 is 0 Å². The van der Waals surface area contributed by atoms with Crippen molar-refractivity contribution >= 4 is 17.8 Å². The third-order valence-electron chi connectivity index (χ3n) is 6.76. The molecule has 6 heteroatoms. The zero-order valence-corrected chi connectivity index (χ0v) is 20.8. The van der Waals surface area contributed by atoms with E-state index >= 15 is 0 Å². The van der Waals surface area contributed by atoms with Gasteiger partial charge in [-0.3, -0.25) is 9.59 Å². The Morgan fingerprint density at radius 1 is 1.09 bits per heavy atom. The first-order valence-corrected chi connectivity index (χ1v) is 12.4. The van der Waals surface area contributed by atoms with Crippen LogP contribution in [0.4, 0.5) is 0 Å². The summed E-state index contributed by atoms with van der Waals surface area (Å²) in [4.78, 5) is 42.5. The van der Waals surface area contributed by atoms with Gasteiger partial charge in [-0.1, -0.05) is 67.6 Å². The number of likely N-dealkylation sites (tertiary alicyclic amines) is 1. The van der Waals surface area contributed by atoms with Crippen molar-refractivity contribution in [3.63, 3.8) is 0 Å². The standard InChI is InChI=1S/C29H36N2O4/c1-4-6-16-26(32)31(28(29(34)35-3)24-13-8-7-9-14-24)21-27(33)30-19-17-23(18-20-30)25-15-11-10-12-22(25)5-2/h4,7-15,23,28H,1,5-6,16-21H2,2-3H3. The monoisotopic (exact) mass is 476 g/mol. The summed E-state index contributed by atoms with van der Waals surface area (Å²) in [6.07, 6.45) is 5.05. The Hall–Kier alpha value is -3.41. The number of aryl methyl sites for hydroxylation is 1. The van der Waals surface area contributed by atoms with Crippen molar-refractivity contribution in [2.75, 3.05) is 26.7 Å². The minimum atomic E-state index is -0.976. The van der Waals surface area contributed by atoms with Crippen LogP contribution in [0.25, 0.3) is 0 Å². The second-order valence-electron chi connectivity index (χ2n) is 8.89. The maximum atomic E-state index is 13.4. The van der Waals surface area contributed by atoms with Crippen LogP contribution in [0, 0.1) is 0 Å². The van der Waals surface area contributed by atoms with Gasteiger partial charge in [0, 0.05) is 19.5 Å². The van der Waals surface area contributed by atoms with E-state index in [1.807, 2.05) is 11.0 Å². The average Bonchev–Trinajstić information content (AvgIpc) is 2.91. The normalized spacial score (nSPS) is 14.7. The van der Waals surface area contributed by atoms with Gasteiger partial charge in [-0.25, -0.2) is 4.79 Å². The number of rotatable bonds is 10. The molecule has 186 valence electrons. The molecule has 0 spiro atoms. The molecule has 6 nitrogen and oxygen atoms in total. The smallest absolute Gasteiger partial charge is 0.333 e. The van der Waals surface area contributed by atoms with Crippen LogP contribution in [0.1, 0.15) is 61.3 Å². The number of hydrogen-bond donors (Lipinski definition) is 0. The summed E-state index contributed by atoms with van der Waals surface area (Å²) in [6, 6.07) is 16.5. The van der Waals surface area contributed by atoms with Gasteiger partial charge in [-0.05, 0) is 48.3 Å². The van der Waals surface area contributed by atoms with Gasteiger partial charge in [-0.2, -0.15) is 0 Å². The van der Waals surface area contributed by atoms with Gasteiger partial charge in [0.25, 0.3) is 0 Å². The molecule has 0 saturated carbocycles. The summed E-state index contributed by atoms with van der Waals surface area (Å²) >= 11 is 0. The fourth-order valence-electron chi connectivity index (χ4n) is 4.82. The topological polar surface area (TPSA) is 66.9 Å². The number of hydrogen-bond acceptors (Lipinski definition) is 4. The molecule has 3 rings (SSSR count). The lowest BCUT2D eigenvalue weighted by molar-refractivity contribution is -0.155. The summed E-state index contributed by atoms with van der Waals surface area (Å²) < 4.78 is 5.04. The van der Waals surface area contributed by atoms with Gasteiger partial charge in [0.05, 0.1) is 7.11 Å². The van der Waals surface area contributed by atoms with Crippen LogP contribution in [0.2, 0.25) is 0 Å². The van der Waals surface area contributed by atoms with Crippen molar-refractivity contribution in [2.24, 2.45) is 0 Å². The molecule has 2 amide bonds. The molecule has 0 radical (unpaired) electrons. The van der Waals surface area contributed by atoms with E-state index in [1.165, 1.54) is 23.1 Å². The van der Waals surface area contributed by atoms with Gasteiger partial charge in [-0.15, -0.1) is 6.58 Å². The quantitative estimate of drug-likeness (QED) is 0.369. The van der Waals surface area contributed by atoms with Crippen molar-refractivity contribution in [3.8, 4) is 0 Å². The first-order chi connectivity index (χ1) is 17.0. The van der Waals surface area contributed by atoms with Crippen molar-refractivity contribution in [3.05, 3.63) is 83.9 Å². The van der Waals surface area contributed by atoms with E-state index in [0.29, 0.717) is 31.0 Å². The van der Waals surface area contributed by atoms with E-state index in [0.717, 1.165) is 19.3 Å². The number of ether oxygens (including phenoxy) is 1. The molecule has 1 heterocycles. The fraction of sp³-hybridized carbons (Fsp3) is 0.414. The Kier molecular flexibility index (Phi) is 9.65. The molecule has 0 aliphatic carbocycles. The summed E-state index contributed by atoms with van der Waals surface area (Å²) in [5.74, 6) is -0.563. The van der Waals surface area contributed by atoms with Gasteiger partial charge < -0.3 is 14.5 Å². The predicted molar refractivity (Wildman–Crippen MR) is 137 cm³/mol. The Bertz CT molecular complexity index is 1010. The van der Waals surface area contributed by atoms with Crippen LogP contribution < -0.4 is 0 Å². The van der Waals surface area contributed by atoms with E-state index in [2.05, 4.69) is 37.8 Å². The number of piperidine rings is 1. The number of esters is 1. The first-order valence-electron chi connectivity index (χ1n) is 12.4. The lowest BCUT2D eigenvalue weighted by Gasteiger charge is -2.36. The third-order valence-corrected chi connectivity index (χ3v) is 6.76. The zero-order chi connectivity index (χ0) is 25.2. The van der Waals surface area contributed by atoms with Crippen LogP contribution in [-0.4, -0.2) is 54.3 Å². The van der Waals surface area contributed by atoms with Crippen molar-refractivity contribution < 1.29 is 19.1 Å². The van der Waals surface area contributed by atoms with Crippen molar-refractivity contribution in [1.29, 1.82) is 0 Å². The first kappa shape index (κ1) is 26.2. The second kappa shape index (κ2) is 12.9. The molecule has 2 aromatic rings.